The van der Waals surface area contributed by atoms with Crippen molar-refractivity contribution in [2.24, 2.45) is 0 Å². The maximum absolute atomic E-state index is 12.2. The Hall–Kier alpha value is -2.80. The molecule has 1 N–H and O–H groups in total. The Balaban J connectivity index is 1.59. The van der Waals surface area contributed by atoms with Crippen molar-refractivity contribution in [3.8, 4) is 0 Å². The van der Waals surface area contributed by atoms with E-state index >= 15 is 0 Å². The van der Waals surface area contributed by atoms with Gasteiger partial charge in [-0.1, -0.05) is 6.07 Å². The molecule has 0 radical (unpaired) electrons. The molecule has 0 fully saturated rings. The first-order chi connectivity index (χ1) is 11.7. The summed E-state index contributed by atoms with van der Waals surface area (Å²) in [7, 11) is 0. The fraction of sp³-hybridized carbons (Fsp3) is 0.294. The Morgan fingerprint density at radius 2 is 2.21 bits per heavy atom. The summed E-state index contributed by atoms with van der Waals surface area (Å²) in [6.07, 6.45) is 4.40. The highest BCUT2D eigenvalue weighted by Crippen LogP contribution is 2.26. The van der Waals surface area contributed by atoms with Crippen LogP contribution in [0.25, 0.3) is 11.0 Å². The van der Waals surface area contributed by atoms with Gasteiger partial charge in [0.2, 0.25) is 0 Å². The Bertz CT molecular complexity index is 891. The monoisotopic (exact) mass is 323 g/mol. The zero-order valence-electron chi connectivity index (χ0n) is 13.3. The average Bonchev–Trinajstić information content (AvgIpc) is 2.99. The minimum absolute atomic E-state index is 0.00845. The second-order valence-corrected chi connectivity index (χ2v) is 5.90. The van der Waals surface area contributed by atoms with Crippen LogP contribution in [-0.2, 0) is 11.3 Å². The molecule has 1 atom stereocenters. The van der Waals surface area contributed by atoms with Crippen molar-refractivity contribution in [3.05, 3.63) is 53.9 Å². The van der Waals surface area contributed by atoms with Gasteiger partial charge in [0.1, 0.15) is 18.8 Å². The van der Waals surface area contributed by atoms with Crippen LogP contribution in [0.4, 0.5) is 0 Å². The molecule has 7 nitrogen and oxygen atoms in total. The first-order valence-corrected chi connectivity index (χ1v) is 7.81. The predicted molar refractivity (Wildman–Crippen MR) is 87.5 cm³/mol. The van der Waals surface area contributed by atoms with Gasteiger partial charge in [-0.25, -0.2) is 15.0 Å². The van der Waals surface area contributed by atoms with Crippen molar-refractivity contribution < 1.29 is 9.53 Å². The van der Waals surface area contributed by atoms with E-state index < -0.39 is 0 Å². The molecule has 0 bridgehead atoms. The smallest absolute Gasteiger partial charge is 0.254 e. The molecule has 3 aromatic rings. The number of fused-ring (bicyclic) bond motifs is 3. The summed E-state index contributed by atoms with van der Waals surface area (Å²) in [6.45, 7) is 3.55. The Labute approximate surface area is 138 Å². The molecular formula is C17H17N5O2. The van der Waals surface area contributed by atoms with Gasteiger partial charge in [0.05, 0.1) is 29.2 Å². The van der Waals surface area contributed by atoms with Crippen molar-refractivity contribution in [1.82, 2.24) is 24.8 Å². The van der Waals surface area contributed by atoms with Gasteiger partial charge < -0.3 is 14.6 Å². The van der Waals surface area contributed by atoms with E-state index in [1.54, 1.807) is 0 Å². The number of carbonyl (C=O) groups excluding carboxylic acids is 1. The zero-order valence-corrected chi connectivity index (χ0v) is 13.3. The third kappa shape index (κ3) is 2.63. The highest BCUT2D eigenvalue weighted by molar-refractivity contribution is 5.93. The largest absolute Gasteiger partial charge is 0.371 e. The molecule has 3 heterocycles. The highest BCUT2D eigenvalue weighted by atomic mass is 16.5. The van der Waals surface area contributed by atoms with Gasteiger partial charge >= 0.3 is 0 Å². The number of carbonyl (C=O) groups is 1. The number of hydrogen-bond donors (Lipinski definition) is 1. The number of aryl methyl sites for hydroxylation is 1. The van der Waals surface area contributed by atoms with Gasteiger partial charge in [-0.2, -0.15) is 0 Å². The minimum Gasteiger partial charge on any atom is -0.371 e. The second-order valence-electron chi connectivity index (χ2n) is 5.90. The van der Waals surface area contributed by atoms with Crippen LogP contribution in [-0.4, -0.2) is 38.6 Å². The Morgan fingerprint density at radius 1 is 1.38 bits per heavy atom. The van der Waals surface area contributed by atoms with Crippen LogP contribution in [0.3, 0.4) is 0 Å². The number of imidazole rings is 1. The first kappa shape index (κ1) is 14.8. The molecule has 1 amide bonds. The molecule has 0 saturated carbocycles. The Kier molecular flexibility index (Phi) is 3.70. The Morgan fingerprint density at radius 3 is 3.04 bits per heavy atom. The third-order valence-corrected chi connectivity index (χ3v) is 4.15. The summed E-state index contributed by atoms with van der Waals surface area (Å²) in [5, 5.41) is 2.93. The second kappa shape index (κ2) is 6.01. The quantitative estimate of drug-likeness (QED) is 0.792. The molecule has 2 aromatic heterocycles. The van der Waals surface area contributed by atoms with Gasteiger partial charge in [-0.05, 0) is 24.6 Å². The van der Waals surface area contributed by atoms with E-state index in [0.29, 0.717) is 25.3 Å². The van der Waals surface area contributed by atoms with Crippen LogP contribution >= 0.6 is 0 Å². The zero-order chi connectivity index (χ0) is 16.5. The molecule has 0 spiro atoms. The van der Waals surface area contributed by atoms with Crippen LogP contribution in [0, 0.1) is 6.92 Å². The number of nitrogens with one attached hydrogen (secondary N) is 1. The van der Waals surface area contributed by atoms with Crippen LogP contribution in [0.2, 0.25) is 0 Å². The number of rotatable bonds is 3. The number of hydrogen-bond acceptors (Lipinski definition) is 5. The summed E-state index contributed by atoms with van der Waals surface area (Å²) in [4.78, 5) is 24.6. The SMILES string of the molecule is Cc1ccc2nc3n(c2c1)C(CNC(=O)c1cncnc1)COC3. The number of amides is 1. The van der Waals surface area contributed by atoms with Crippen molar-refractivity contribution in [1.29, 1.82) is 0 Å². The van der Waals surface area contributed by atoms with Gasteiger partial charge in [0, 0.05) is 18.9 Å². The molecule has 0 saturated heterocycles. The lowest BCUT2D eigenvalue weighted by Crippen LogP contribution is -2.35. The summed E-state index contributed by atoms with van der Waals surface area (Å²) < 4.78 is 7.82. The lowest BCUT2D eigenvalue weighted by Gasteiger charge is -2.26. The summed E-state index contributed by atoms with van der Waals surface area (Å²) >= 11 is 0. The lowest BCUT2D eigenvalue weighted by atomic mass is 10.2. The van der Waals surface area contributed by atoms with Crippen LogP contribution < -0.4 is 5.32 Å². The number of aromatic nitrogens is 4. The van der Waals surface area contributed by atoms with Crippen LogP contribution in [0.5, 0.6) is 0 Å². The lowest BCUT2D eigenvalue weighted by molar-refractivity contribution is 0.0553. The van der Waals surface area contributed by atoms with Crippen molar-refractivity contribution in [2.45, 2.75) is 19.6 Å². The summed E-state index contributed by atoms with van der Waals surface area (Å²) in [5.41, 5.74) is 3.66. The van der Waals surface area contributed by atoms with E-state index in [0.717, 1.165) is 16.9 Å². The number of benzene rings is 1. The molecule has 1 aromatic carbocycles. The normalized spacial score (nSPS) is 16.8. The van der Waals surface area contributed by atoms with E-state index in [1.165, 1.54) is 24.3 Å². The van der Waals surface area contributed by atoms with E-state index in [1.807, 2.05) is 12.1 Å². The molecule has 24 heavy (non-hydrogen) atoms. The molecule has 1 aliphatic rings. The number of nitrogens with zero attached hydrogens (tertiary/aromatic N) is 4. The third-order valence-electron chi connectivity index (χ3n) is 4.15. The standard InChI is InChI=1S/C17H17N5O2/c1-11-2-3-14-15(4-11)22-13(8-24-9-16(22)21-14)7-20-17(23)12-5-18-10-19-6-12/h2-6,10,13H,7-9H2,1H3,(H,20,23). The summed E-state index contributed by atoms with van der Waals surface area (Å²) in [5.74, 6) is 0.701. The maximum atomic E-state index is 12.2. The van der Waals surface area contributed by atoms with Crippen molar-refractivity contribution in [2.75, 3.05) is 13.2 Å². The maximum Gasteiger partial charge on any atom is 0.254 e. The minimum atomic E-state index is -0.191. The van der Waals surface area contributed by atoms with Gasteiger partial charge in [-0.15, -0.1) is 0 Å². The number of ether oxygens (including phenoxy) is 1. The van der Waals surface area contributed by atoms with Crippen LogP contribution in [0.1, 0.15) is 27.8 Å². The summed E-state index contributed by atoms with van der Waals surface area (Å²) in [6, 6.07) is 6.20. The molecule has 4 rings (SSSR count). The fourth-order valence-corrected chi connectivity index (χ4v) is 3.00. The van der Waals surface area contributed by atoms with Crippen molar-refractivity contribution in [3.63, 3.8) is 0 Å². The molecule has 1 unspecified atom stereocenters. The van der Waals surface area contributed by atoms with Crippen LogP contribution in [0.15, 0.2) is 36.9 Å². The van der Waals surface area contributed by atoms with Crippen molar-refractivity contribution >= 4 is 16.9 Å². The molecule has 7 heteroatoms. The molecular weight excluding hydrogens is 306 g/mol. The van der Waals surface area contributed by atoms with Gasteiger partial charge in [-0.3, -0.25) is 4.79 Å². The van der Waals surface area contributed by atoms with E-state index in [2.05, 4.69) is 37.8 Å². The van der Waals surface area contributed by atoms with E-state index in [9.17, 15) is 4.79 Å². The molecule has 0 aliphatic carbocycles. The molecule has 1 aliphatic heterocycles. The highest BCUT2D eigenvalue weighted by Gasteiger charge is 2.24. The topological polar surface area (TPSA) is 81.9 Å². The van der Waals surface area contributed by atoms with E-state index in [4.69, 9.17) is 4.74 Å². The fourth-order valence-electron chi connectivity index (χ4n) is 3.00. The molecule has 122 valence electrons. The first-order valence-electron chi connectivity index (χ1n) is 7.81. The van der Waals surface area contributed by atoms with Gasteiger partial charge in [0.15, 0.2) is 0 Å². The predicted octanol–water partition coefficient (Wildman–Crippen LogP) is 1.64. The van der Waals surface area contributed by atoms with E-state index in [-0.39, 0.29) is 11.9 Å². The van der Waals surface area contributed by atoms with Gasteiger partial charge in [0.25, 0.3) is 5.91 Å². The average molecular weight is 323 g/mol.